The predicted molar refractivity (Wildman–Crippen MR) is 86.3 cm³/mol. The van der Waals surface area contributed by atoms with Gasteiger partial charge in [0.05, 0.1) is 16.8 Å². The first kappa shape index (κ1) is 14.3. The van der Waals surface area contributed by atoms with Crippen LogP contribution >= 0.6 is 0 Å². The van der Waals surface area contributed by atoms with Crippen LogP contribution in [0.2, 0.25) is 0 Å². The van der Waals surface area contributed by atoms with Gasteiger partial charge in [-0.1, -0.05) is 6.07 Å². The lowest BCUT2D eigenvalue weighted by molar-refractivity contribution is 0.0944. The highest BCUT2D eigenvalue weighted by Gasteiger charge is 2.14. The van der Waals surface area contributed by atoms with Gasteiger partial charge in [-0.2, -0.15) is 10.1 Å². The lowest BCUT2D eigenvalue weighted by Crippen LogP contribution is -2.29. The molecule has 2 aromatic heterocycles. The summed E-state index contributed by atoms with van der Waals surface area (Å²) in [5.74, 6) is 0.799. The predicted octanol–water partition coefficient (Wildman–Crippen LogP) is 1.78. The summed E-state index contributed by atoms with van der Waals surface area (Å²) in [4.78, 5) is 8.50. The Morgan fingerprint density at radius 1 is 1.27 bits per heavy atom. The number of nitrogens with two attached hydrogens (primary N) is 1. The molecule has 0 spiro atoms. The molecule has 0 saturated carbocycles. The van der Waals surface area contributed by atoms with E-state index in [1.165, 1.54) is 0 Å². The number of anilines is 2. The van der Waals surface area contributed by atoms with Crippen molar-refractivity contribution in [3.63, 3.8) is 0 Å². The Balaban J connectivity index is 2.03. The van der Waals surface area contributed by atoms with Gasteiger partial charge < -0.3 is 16.2 Å². The summed E-state index contributed by atoms with van der Waals surface area (Å²) >= 11 is 0. The van der Waals surface area contributed by atoms with Crippen molar-refractivity contribution in [1.82, 2.24) is 20.2 Å². The molecule has 0 atom stereocenters. The molecule has 1 aromatic carbocycles. The molecular weight excluding hydrogens is 280 g/mol. The molecule has 5 N–H and O–H groups in total. The van der Waals surface area contributed by atoms with Gasteiger partial charge in [0.25, 0.3) is 0 Å². The Labute approximate surface area is 127 Å². The third-order valence-corrected chi connectivity index (χ3v) is 3.21. The standard InChI is InChI=1S/C15H18N6O/c1-15(2,22)8-17-13-10-4-3-9(11-5-6-18-21-11)7-12(10)19-14(16)20-13/h3-7,22H,8H2,1-2H3,(H,18,21)(H3,16,17,19,20). The maximum Gasteiger partial charge on any atom is 0.222 e. The van der Waals surface area contributed by atoms with Crippen molar-refractivity contribution in [3.8, 4) is 11.3 Å². The minimum atomic E-state index is -0.845. The van der Waals surface area contributed by atoms with Crippen LogP contribution < -0.4 is 11.1 Å². The number of aliphatic hydroxyl groups is 1. The first-order chi connectivity index (χ1) is 10.4. The Morgan fingerprint density at radius 3 is 2.77 bits per heavy atom. The van der Waals surface area contributed by atoms with Crippen molar-refractivity contribution in [2.75, 3.05) is 17.6 Å². The number of aromatic nitrogens is 4. The quantitative estimate of drug-likeness (QED) is 0.584. The van der Waals surface area contributed by atoms with Gasteiger partial charge in [0, 0.05) is 23.7 Å². The van der Waals surface area contributed by atoms with Crippen LogP contribution in [0, 0.1) is 0 Å². The van der Waals surface area contributed by atoms with Crippen LogP contribution in [0.25, 0.3) is 22.2 Å². The first-order valence-corrected chi connectivity index (χ1v) is 6.96. The van der Waals surface area contributed by atoms with Crippen LogP contribution in [0.1, 0.15) is 13.8 Å². The Hall–Kier alpha value is -2.67. The molecular formula is C15H18N6O. The zero-order valence-electron chi connectivity index (χ0n) is 12.5. The monoisotopic (exact) mass is 298 g/mol. The van der Waals surface area contributed by atoms with Crippen molar-refractivity contribution in [2.24, 2.45) is 0 Å². The fourth-order valence-corrected chi connectivity index (χ4v) is 2.17. The molecule has 0 unspecified atom stereocenters. The number of nitrogen functional groups attached to an aromatic ring is 1. The van der Waals surface area contributed by atoms with E-state index in [2.05, 4.69) is 25.5 Å². The van der Waals surface area contributed by atoms with Crippen LogP contribution in [0.15, 0.2) is 30.5 Å². The van der Waals surface area contributed by atoms with Crippen LogP contribution in [-0.2, 0) is 0 Å². The number of benzene rings is 1. The number of nitrogens with zero attached hydrogens (tertiary/aromatic N) is 3. The molecule has 2 heterocycles. The van der Waals surface area contributed by atoms with E-state index in [9.17, 15) is 5.11 Å². The summed E-state index contributed by atoms with van der Waals surface area (Å²) in [7, 11) is 0. The van der Waals surface area contributed by atoms with Gasteiger partial charge in [0.1, 0.15) is 5.82 Å². The lowest BCUT2D eigenvalue weighted by atomic mass is 10.1. The maximum atomic E-state index is 9.84. The lowest BCUT2D eigenvalue weighted by Gasteiger charge is -2.19. The fraction of sp³-hybridized carbons (Fsp3) is 0.267. The van der Waals surface area contributed by atoms with E-state index in [-0.39, 0.29) is 5.95 Å². The average molecular weight is 298 g/mol. The molecule has 0 aliphatic heterocycles. The van der Waals surface area contributed by atoms with Crippen molar-refractivity contribution in [2.45, 2.75) is 19.4 Å². The summed E-state index contributed by atoms with van der Waals surface area (Å²) in [5.41, 5.74) is 7.55. The van der Waals surface area contributed by atoms with Gasteiger partial charge in [-0.3, -0.25) is 5.10 Å². The van der Waals surface area contributed by atoms with Gasteiger partial charge in [-0.25, -0.2) is 4.98 Å². The van der Waals surface area contributed by atoms with E-state index in [4.69, 9.17) is 5.73 Å². The minimum Gasteiger partial charge on any atom is -0.389 e. The molecule has 0 bridgehead atoms. The normalized spacial score (nSPS) is 11.8. The Kier molecular flexibility index (Phi) is 3.42. The summed E-state index contributed by atoms with van der Waals surface area (Å²) < 4.78 is 0. The summed E-state index contributed by atoms with van der Waals surface area (Å²) in [6.07, 6.45) is 1.70. The van der Waals surface area contributed by atoms with E-state index >= 15 is 0 Å². The highest BCUT2D eigenvalue weighted by molar-refractivity contribution is 5.92. The third-order valence-electron chi connectivity index (χ3n) is 3.21. The zero-order chi connectivity index (χ0) is 15.7. The Morgan fingerprint density at radius 2 is 2.09 bits per heavy atom. The highest BCUT2D eigenvalue weighted by Crippen LogP contribution is 2.26. The topological polar surface area (TPSA) is 113 Å². The average Bonchev–Trinajstić information content (AvgIpc) is 2.97. The second-order valence-corrected chi connectivity index (χ2v) is 5.80. The smallest absolute Gasteiger partial charge is 0.222 e. The van der Waals surface area contributed by atoms with Crippen molar-refractivity contribution < 1.29 is 5.11 Å². The summed E-state index contributed by atoms with van der Waals surface area (Å²) in [6.45, 7) is 3.81. The SMILES string of the molecule is CC(C)(O)CNc1nc(N)nc2cc(-c3ccn[nH]3)ccc12. The maximum absolute atomic E-state index is 9.84. The van der Waals surface area contributed by atoms with E-state index in [1.807, 2.05) is 24.3 Å². The van der Waals surface area contributed by atoms with Gasteiger partial charge in [0.15, 0.2) is 0 Å². The fourth-order valence-electron chi connectivity index (χ4n) is 2.17. The number of hydrogen-bond donors (Lipinski definition) is 4. The Bertz CT molecular complexity index is 792. The summed E-state index contributed by atoms with van der Waals surface area (Å²) in [5, 5.41) is 20.7. The van der Waals surface area contributed by atoms with Crippen LogP contribution in [-0.4, -0.2) is 37.4 Å². The van der Waals surface area contributed by atoms with Crippen molar-refractivity contribution >= 4 is 22.7 Å². The number of rotatable bonds is 4. The number of H-pyrrole nitrogens is 1. The van der Waals surface area contributed by atoms with Crippen molar-refractivity contribution in [1.29, 1.82) is 0 Å². The molecule has 22 heavy (non-hydrogen) atoms. The highest BCUT2D eigenvalue weighted by atomic mass is 16.3. The van der Waals surface area contributed by atoms with Gasteiger partial charge in [-0.15, -0.1) is 0 Å². The molecule has 0 aliphatic rings. The second kappa shape index (κ2) is 5.27. The molecule has 0 radical (unpaired) electrons. The largest absolute Gasteiger partial charge is 0.389 e. The van der Waals surface area contributed by atoms with Gasteiger partial charge >= 0.3 is 0 Å². The number of nitrogens with one attached hydrogen (secondary N) is 2. The zero-order valence-corrected chi connectivity index (χ0v) is 12.5. The van der Waals surface area contributed by atoms with Crippen LogP contribution in [0.5, 0.6) is 0 Å². The van der Waals surface area contributed by atoms with E-state index in [1.54, 1.807) is 20.0 Å². The number of hydrogen-bond acceptors (Lipinski definition) is 6. The number of aromatic amines is 1. The summed E-state index contributed by atoms with van der Waals surface area (Å²) in [6, 6.07) is 7.71. The molecule has 114 valence electrons. The van der Waals surface area contributed by atoms with Gasteiger partial charge in [0.2, 0.25) is 5.95 Å². The van der Waals surface area contributed by atoms with Crippen LogP contribution in [0.4, 0.5) is 11.8 Å². The molecule has 7 heteroatoms. The van der Waals surface area contributed by atoms with E-state index < -0.39 is 5.60 Å². The second-order valence-electron chi connectivity index (χ2n) is 5.80. The minimum absolute atomic E-state index is 0.188. The van der Waals surface area contributed by atoms with Crippen LogP contribution in [0.3, 0.4) is 0 Å². The molecule has 0 amide bonds. The molecule has 0 aliphatic carbocycles. The molecule has 0 fully saturated rings. The molecule has 3 aromatic rings. The third kappa shape index (κ3) is 2.99. The van der Waals surface area contributed by atoms with E-state index in [0.29, 0.717) is 12.4 Å². The van der Waals surface area contributed by atoms with Gasteiger partial charge in [-0.05, 0) is 32.0 Å². The first-order valence-electron chi connectivity index (χ1n) is 6.96. The molecule has 3 rings (SSSR count). The number of fused-ring (bicyclic) bond motifs is 1. The van der Waals surface area contributed by atoms with E-state index in [0.717, 1.165) is 22.2 Å². The molecule has 7 nitrogen and oxygen atoms in total. The van der Waals surface area contributed by atoms with Crippen molar-refractivity contribution in [3.05, 3.63) is 30.5 Å². The molecule has 0 saturated heterocycles.